The van der Waals surface area contributed by atoms with Crippen LogP contribution in [0.5, 0.6) is 0 Å². The van der Waals surface area contributed by atoms with Gasteiger partial charge < -0.3 is 4.74 Å². The van der Waals surface area contributed by atoms with E-state index in [2.05, 4.69) is 4.98 Å². The van der Waals surface area contributed by atoms with Gasteiger partial charge in [-0.05, 0) is 12.5 Å². The SMILES string of the molecule is C[C@H](OCc1ccccc1)C(=O)N(C)c1nccs1. The van der Waals surface area contributed by atoms with Gasteiger partial charge in [-0.1, -0.05) is 30.3 Å². The molecule has 0 N–H and O–H groups in total. The number of thiazole rings is 1. The molecule has 1 atom stereocenters. The van der Waals surface area contributed by atoms with Crippen molar-refractivity contribution in [3.63, 3.8) is 0 Å². The molecule has 0 unspecified atom stereocenters. The molecule has 19 heavy (non-hydrogen) atoms. The molecule has 0 radical (unpaired) electrons. The molecule has 2 rings (SSSR count). The number of hydrogen-bond acceptors (Lipinski definition) is 4. The van der Waals surface area contributed by atoms with Crippen LogP contribution in [-0.4, -0.2) is 24.0 Å². The summed E-state index contributed by atoms with van der Waals surface area (Å²) in [6.45, 7) is 2.19. The van der Waals surface area contributed by atoms with Crippen LogP contribution in [0.25, 0.3) is 0 Å². The van der Waals surface area contributed by atoms with Gasteiger partial charge in [-0.2, -0.15) is 0 Å². The number of anilines is 1. The quantitative estimate of drug-likeness (QED) is 0.843. The predicted octanol–water partition coefficient (Wildman–Crippen LogP) is 2.71. The number of likely N-dealkylation sites (N-methyl/N-ethyl adjacent to an activating group) is 1. The second kappa shape index (κ2) is 6.45. The maximum absolute atomic E-state index is 12.1. The van der Waals surface area contributed by atoms with Crippen LogP contribution in [0.1, 0.15) is 12.5 Å². The maximum Gasteiger partial charge on any atom is 0.257 e. The molecule has 0 aliphatic rings. The van der Waals surface area contributed by atoms with Crippen molar-refractivity contribution in [2.45, 2.75) is 19.6 Å². The third-order valence-corrected chi connectivity index (χ3v) is 3.58. The number of ether oxygens (including phenoxy) is 1. The first-order valence-corrected chi connectivity index (χ1v) is 6.89. The molecular weight excluding hydrogens is 260 g/mol. The Morgan fingerprint density at radius 2 is 2.16 bits per heavy atom. The van der Waals surface area contributed by atoms with E-state index in [0.717, 1.165) is 5.56 Å². The van der Waals surface area contributed by atoms with Crippen LogP contribution in [-0.2, 0) is 16.1 Å². The van der Waals surface area contributed by atoms with Crippen LogP contribution in [0.15, 0.2) is 41.9 Å². The molecule has 0 spiro atoms. The lowest BCUT2D eigenvalue weighted by atomic mass is 10.2. The van der Waals surface area contributed by atoms with E-state index in [9.17, 15) is 4.79 Å². The first-order chi connectivity index (χ1) is 9.18. The molecular formula is C14H16N2O2S. The van der Waals surface area contributed by atoms with Gasteiger partial charge in [-0.3, -0.25) is 9.69 Å². The van der Waals surface area contributed by atoms with Crippen molar-refractivity contribution >= 4 is 22.4 Å². The zero-order valence-electron chi connectivity index (χ0n) is 10.9. The molecule has 100 valence electrons. The van der Waals surface area contributed by atoms with E-state index >= 15 is 0 Å². The minimum atomic E-state index is -0.492. The summed E-state index contributed by atoms with van der Waals surface area (Å²) in [6, 6.07) is 9.80. The summed E-state index contributed by atoms with van der Waals surface area (Å²) in [5.74, 6) is -0.0918. The van der Waals surface area contributed by atoms with Crippen LogP contribution < -0.4 is 4.90 Å². The van der Waals surface area contributed by atoms with Gasteiger partial charge in [0.1, 0.15) is 6.10 Å². The Bertz CT molecular complexity index is 514. The normalized spacial score (nSPS) is 12.1. The smallest absolute Gasteiger partial charge is 0.257 e. The topological polar surface area (TPSA) is 42.4 Å². The second-order valence-corrected chi connectivity index (χ2v) is 5.02. The Morgan fingerprint density at radius 3 is 2.79 bits per heavy atom. The van der Waals surface area contributed by atoms with Crippen LogP contribution in [0.3, 0.4) is 0 Å². The minimum Gasteiger partial charge on any atom is -0.364 e. The molecule has 5 heteroatoms. The Hall–Kier alpha value is -1.72. The molecule has 0 saturated heterocycles. The van der Waals surface area contributed by atoms with Crippen LogP contribution in [0, 0.1) is 0 Å². The Balaban J connectivity index is 1.89. The van der Waals surface area contributed by atoms with Crippen molar-refractivity contribution < 1.29 is 9.53 Å². The number of benzene rings is 1. The van der Waals surface area contributed by atoms with Gasteiger partial charge in [0.2, 0.25) is 0 Å². The Kier molecular flexibility index (Phi) is 4.65. The van der Waals surface area contributed by atoms with Gasteiger partial charge in [0.15, 0.2) is 5.13 Å². The molecule has 4 nitrogen and oxygen atoms in total. The number of rotatable bonds is 5. The van der Waals surface area contributed by atoms with Gasteiger partial charge in [0, 0.05) is 18.6 Å². The van der Waals surface area contributed by atoms with Crippen molar-refractivity contribution in [2.24, 2.45) is 0 Å². The van der Waals surface area contributed by atoms with Crippen LogP contribution >= 0.6 is 11.3 Å². The first kappa shape index (κ1) is 13.7. The molecule has 0 aliphatic carbocycles. The van der Waals surface area contributed by atoms with Crippen LogP contribution in [0.4, 0.5) is 5.13 Å². The molecule has 0 aliphatic heterocycles. The van der Waals surface area contributed by atoms with E-state index in [4.69, 9.17) is 4.74 Å². The highest BCUT2D eigenvalue weighted by atomic mass is 32.1. The van der Waals surface area contributed by atoms with Crippen molar-refractivity contribution in [3.05, 3.63) is 47.5 Å². The highest BCUT2D eigenvalue weighted by molar-refractivity contribution is 7.13. The Morgan fingerprint density at radius 1 is 1.42 bits per heavy atom. The molecule has 1 amide bonds. The van der Waals surface area contributed by atoms with Gasteiger partial charge in [-0.25, -0.2) is 4.98 Å². The van der Waals surface area contributed by atoms with Gasteiger partial charge >= 0.3 is 0 Å². The summed E-state index contributed by atoms with van der Waals surface area (Å²) in [7, 11) is 1.71. The first-order valence-electron chi connectivity index (χ1n) is 6.01. The molecule has 2 aromatic rings. The molecule has 1 heterocycles. The lowest BCUT2D eigenvalue weighted by Gasteiger charge is -2.19. The van der Waals surface area contributed by atoms with Gasteiger partial charge in [-0.15, -0.1) is 11.3 Å². The molecule has 0 fully saturated rings. The average molecular weight is 276 g/mol. The lowest BCUT2D eigenvalue weighted by molar-refractivity contribution is -0.129. The number of carbonyl (C=O) groups excluding carboxylic acids is 1. The highest BCUT2D eigenvalue weighted by Gasteiger charge is 2.20. The van der Waals surface area contributed by atoms with E-state index < -0.39 is 6.10 Å². The van der Waals surface area contributed by atoms with Gasteiger partial charge in [0.05, 0.1) is 6.61 Å². The molecule has 1 aromatic heterocycles. The van der Waals surface area contributed by atoms with E-state index in [1.54, 1.807) is 20.2 Å². The third kappa shape index (κ3) is 3.62. The summed E-state index contributed by atoms with van der Waals surface area (Å²) >= 11 is 1.43. The number of carbonyl (C=O) groups is 1. The zero-order valence-corrected chi connectivity index (χ0v) is 11.8. The summed E-state index contributed by atoms with van der Waals surface area (Å²) in [4.78, 5) is 17.8. The molecule has 0 bridgehead atoms. The predicted molar refractivity (Wildman–Crippen MR) is 76.2 cm³/mol. The standard InChI is InChI=1S/C14H16N2O2S/c1-11(18-10-12-6-4-3-5-7-12)13(17)16(2)14-15-8-9-19-14/h3-9,11H,10H2,1-2H3/t11-/m0/s1. The summed E-state index contributed by atoms with van der Waals surface area (Å²) in [5.41, 5.74) is 1.05. The zero-order chi connectivity index (χ0) is 13.7. The fraction of sp³-hybridized carbons (Fsp3) is 0.286. The number of hydrogen-bond donors (Lipinski definition) is 0. The second-order valence-electron chi connectivity index (χ2n) is 4.15. The summed E-state index contributed by atoms with van der Waals surface area (Å²) < 4.78 is 5.59. The monoisotopic (exact) mass is 276 g/mol. The molecule has 0 saturated carbocycles. The maximum atomic E-state index is 12.1. The van der Waals surface area contributed by atoms with Crippen molar-refractivity contribution in [1.82, 2.24) is 4.98 Å². The van der Waals surface area contributed by atoms with Crippen molar-refractivity contribution in [1.29, 1.82) is 0 Å². The van der Waals surface area contributed by atoms with E-state index in [1.165, 1.54) is 16.2 Å². The lowest BCUT2D eigenvalue weighted by Crippen LogP contribution is -2.36. The fourth-order valence-electron chi connectivity index (χ4n) is 1.62. The Labute approximate surface area is 116 Å². The van der Waals surface area contributed by atoms with Crippen LogP contribution in [0.2, 0.25) is 0 Å². The van der Waals surface area contributed by atoms with Gasteiger partial charge in [0.25, 0.3) is 5.91 Å². The number of nitrogens with zero attached hydrogens (tertiary/aromatic N) is 2. The fourth-order valence-corrected chi connectivity index (χ4v) is 2.23. The molecule has 1 aromatic carbocycles. The van der Waals surface area contributed by atoms with Crippen molar-refractivity contribution in [3.8, 4) is 0 Å². The third-order valence-electron chi connectivity index (χ3n) is 2.73. The van der Waals surface area contributed by atoms with Crippen molar-refractivity contribution in [2.75, 3.05) is 11.9 Å². The summed E-state index contributed by atoms with van der Waals surface area (Å²) in [6.07, 6.45) is 1.19. The number of aromatic nitrogens is 1. The highest BCUT2D eigenvalue weighted by Crippen LogP contribution is 2.17. The van der Waals surface area contributed by atoms with E-state index in [0.29, 0.717) is 11.7 Å². The van der Waals surface area contributed by atoms with E-state index in [1.807, 2.05) is 35.7 Å². The minimum absolute atomic E-state index is 0.0918. The summed E-state index contributed by atoms with van der Waals surface area (Å²) in [5, 5.41) is 2.52. The average Bonchev–Trinajstić information content (AvgIpc) is 2.98. The largest absolute Gasteiger partial charge is 0.364 e. The van der Waals surface area contributed by atoms with E-state index in [-0.39, 0.29) is 5.91 Å². The number of amides is 1.